The molecule has 1 aromatic carbocycles. The van der Waals surface area contributed by atoms with Gasteiger partial charge in [0.2, 0.25) is 5.91 Å². The number of hydrogen-bond donors (Lipinski definition) is 2. The fraction of sp³-hybridized carbons (Fsp3) is 0.222. The highest BCUT2D eigenvalue weighted by molar-refractivity contribution is 6.00. The largest absolute Gasteiger partial charge is 0.367 e. The summed E-state index contributed by atoms with van der Waals surface area (Å²) in [7, 11) is 1.98. The lowest BCUT2D eigenvalue weighted by atomic mass is 10.0. The lowest BCUT2D eigenvalue weighted by Crippen LogP contribution is -2.51. The van der Waals surface area contributed by atoms with Crippen LogP contribution in [0.3, 0.4) is 0 Å². The molecular weight excluding hydrogens is 332 g/mol. The highest BCUT2D eigenvalue weighted by Crippen LogP contribution is 2.25. The number of nitrogens with one attached hydrogen (secondary N) is 2. The zero-order valence-electron chi connectivity index (χ0n) is 14.2. The molecule has 2 N–H and O–H groups in total. The Morgan fingerprint density at radius 1 is 1.27 bits per heavy atom. The van der Waals surface area contributed by atoms with Crippen LogP contribution in [0, 0.1) is 0 Å². The molecule has 2 aromatic heterocycles. The summed E-state index contributed by atoms with van der Waals surface area (Å²) >= 11 is 0. The van der Waals surface area contributed by atoms with E-state index < -0.39 is 11.9 Å². The molecule has 3 aromatic rings. The summed E-state index contributed by atoms with van der Waals surface area (Å²) in [5.41, 5.74) is 3.34. The maximum absolute atomic E-state index is 12.2. The molecule has 1 aliphatic rings. The Labute approximate surface area is 149 Å². The fourth-order valence-electron chi connectivity index (χ4n) is 3.08. The van der Waals surface area contributed by atoms with Gasteiger partial charge in [0.05, 0.1) is 17.3 Å². The number of anilines is 1. The fourth-order valence-corrected chi connectivity index (χ4v) is 3.08. The zero-order chi connectivity index (χ0) is 18.1. The van der Waals surface area contributed by atoms with E-state index >= 15 is 0 Å². The van der Waals surface area contributed by atoms with Gasteiger partial charge in [-0.25, -0.2) is 14.3 Å². The van der Waals surface area contributed by atoms with Gasteiger partial charge in [0.1, 0.15) is 0 Å². The molecule has 8 nitrogen and oxygen atoms in total. The van der Waals surface area contributed by atoms with E-state index in [0.717, 1.165) is 5.69 Å². The number of hydrogen-bond acceptors (Lipinski definition) is 5. The summed E-state index contributed by atoms with van der Waals surface area (Å²) in [5.74, 6) is -0.888. The van der Waals surface area contributed by atoms with Crippen molar-refractivity contribution >= 4 is 23.3 Å². The van der Waals surface area contributed by atoms with Gasteiger partial charge in [0.15, 0.2) is 5.65 Å². The zero-order valence-corrected chi connectivity index (χ0v) is 14.2. The number of carbonyl (C=O) groups excluding carboxylic acids is 2. The van der Waals surface area contributed by atoms with Gasteiger partial charge in [-0.05, 0) is 11.6 Å². The quantitative estimate of drug-likeness (QED) is 0.740. The third-order valence-corrected chi connectivity index (χ3v) is 4.41. The number of imidazole rings is 1. The van der Waals surface area contributed by atoms with E-state index in [2.05, 4.69) is 37.7 Å². The van der Waals surface area contributed by atoms with Gasteiger partial charge in [0, 0.05) is 32.5 Å². The molecular formula is C18H18N6O2. The van der Waals surface area contributed by atoms with Gasteiger partial charge in [0.25, 0.3) is 0 Å². The van der Waals surface area contributed by atoms with E-state index in [1.807, 2.05) is 31.3 Å². The van der Waals surface area contributed by atoms with Crippen LogP contribution in [0.15, 0.2) is 48.8 Å². The molecule has 0 radical (unpaired) electrons. The first-order chi connectivity index (χ1) is 12.6. The van der Waals surface area contributed by atoms with E-state index in [-0.39, 0.29) is 12.5 Å². The molecule has 3 amide bonds. The number of aromatic nitrogens is 3. The second-order valence-corrected chi connectivity index (χ2v) is 6.24. The second-order valence-electron chi connectivity index (χ2n) is 6.24. The number of urea groups is 1. The van der Waals surface area contributed by atoms with Gasteiger partial charge < -0.3 is 10.2 Å². The molecule has 1 unspecified atom stereocenters. The van der Waals surface area contributed by atoms with Crippen molar-refractivity contribution in [3.05, 3.63) is 60.0 Å². The smallest absolute Gasteiger partial charge is 0.321 e. The standard InChI is InChI=1S/C18H18N6O2/c1-23(11-12-5-3-2-4-6-12)15-9-14(22-24-8-7-19-16(15)24)13-10-20-18(26)21-17(13)25/h2-9,13H,10-11H2,1H3,(H2,20,21,25,26). The van der Waals surface area contributed by atoms with Gasteiger partial charge in [-0.2, -0.15) is 5.10 Å². The third kappa shape index (κ3) is 2.97. The SMILES string of the molecule is CN(Cc1ccccc1)c1cc(C2CNC(=O)NC2=O)nn2ccnc12. The Kier molecular flexibility index (Phi) is 4.00. The first-order valence-electron chi connectivity index (χ1n) is 8.30. The highest BCUT2D eigenvalue weighted by atomic mass is 16.2. The lowest BCUT2D eigenvalue weighted by Gasteiger charge is -2.24. The van der Waals surface area contributed by atoms with Gasteiger partial charge in [-0.15, -0.1) is 0 Å². The second kappa shape index (κ2) is 6.47. The van der Waals surface area contributed by atoms with Crippen LogP contribution in [-0.4, -0.2) is 40.1 Å². The first-order valence-corrected chi connectivity index (χ1v) is 8.30. The minimum atomic E-state index is -0.539. The van der Waals surface area contributed by atoms with Crippen LogP contribution >= 0.6 is 0 Å². The van der Waals surface area contributed by atoms with Crippen molar-refractivity contribution in [2.75, 3.05) is 18.5 Å². The van der Waals surface area contributed by atoms with E-state index in [1.54, 1.807) is 16.9 Å². The average molecular weight is 350 g/mol. The number of carbonyl (C=O) groups is 2. The summed E-state index contributed by atoms with van der Waals surface area (Å²) in [6, 6.07) is 11.5. The Hall–Kier alpha value is -3.42. The minimum Gasteiger partial charge on any atom is -0.367 e. The Balaban J connectivity index is 1.71. The molecule has 1 atom stereocenters. The van der Waals surface area contributed by atoms with Gasteiger partial charge in [-0.3, -0.25) is 10.1 Å². The molecule has 0 bridgehead atoms. The molecule has 1 saturated heterocycles. The monoisotopic (exact) mass is 350 g/mol. The predicted octanol–water partition coefficient (Wildman–Crippen LogP) is 1.29. The van der Waals surface area contributed by atoms with E-state index in [1.165, 1.54) is 5.56 Å². The van der Waals surface area contributed by atoms with Crippen LogP contribution in [0.25, 0.3) is 5.65 Å². The predicted molar refractivity (Wildman–Crippen MR) is 95.8 cm³/mol. The topological polar surface area (TPSA) is 91.6 Å². The van der Waals surface area contributed by atoms with Crippen molar-refractivity contribution in [1.29, 1.82) is 0 Å². The van der Waals surface area contributed by atoms with Crippen molar-refractivity contribution in [3.63, 3.8) is 0 Å². The molecule has 132 valence electrons. The third-order valence-electron chi connectivity index (χ3n) is 4.41. The Morgan fingerprint density at radius 2 is 2.08 bits per heavy atom. The van der Waals surface area contributed by atoms with Crippen LogP contribution < -0.4 is 15.5 Å². The summed E-state index contributed by atoms with van der Waals surface area (Å²) in [4.78, 5) is 30.0. The highest BCUT2D eigenvalue weighted by Gasteiger charge is 2.30. The summed E-state index contributed by atoms with van der Waals surface area (Å²) < 4.78 is 1.66. The molecule has 1 aliphatic heterocycles. The molecule has 1 fully saturated rings. The van der Waals surface area contributed by atoms with Crippen LogP contribution in [0.1, 0.15) is 17.2 Å². The van der Waals surface area contributed by atoms with E-state index in [4.69, 9.17) is 0 Å². The molecule has 26 heavy (non-hydrogen) atoms. The minimum absolute atomic E-state index is 0.222. The van der Waals surface area contributed by atoms with Gasteiger partial charge >= 0.3 is 6.03 Å². The van der Waals surface area contributed by atoms with Crippen LogP contribution in [0.4, 0.5) is 10.5 Å². The van der Waals surface area contributed by atoms with Gasteiger partial charge in [-0.1, -0.05) is 30.3 Å². The summed E-state index contributed by atoms with van der Waals surface area (Å²) in [6.07, 6.45) is 3.42. The lowest BCUT2D eigenvalue weighted by molar-refractivity contribution is -0.122. The van der Waals surface area contributed by atoms with Crippen molar-refractivity contribution < 1.29 is 9.59 Å². The first kappa shape index (κ1) is 16.1. The maximum Gasteiger partial charge on any atom is 0.321 e. The molecule has 0 aliphatic carbocycles. The summed E-state index contributed by atoms with van der Waals surface area (Å²) in [5, 5.41) is 9.43. The maximum atomic E-state index is 12.2. The number of nitrogens with zero attached hydrogens (tertiary/aromatic N) is 4. The van der Waals surface area contributed by atoms with Crippen molar-refractivity contribution in [2.24, 2.45) is 0 Å². The van der Waals surface area contributed by atoms with Crippen LogP contribution in [0.5, 0.6) is 0 Å². The van der Waals surface area contributed by atoms with Crippen molar-refractivity contribution in [3.8, 4) is 0 Å². The number of benzene rings is 1. The van der Waals surface area contributed by atoms with Crippen LogP contribution in [0.2, 0.25) is 0 Å². The average Bonchev–Trinajstić information content (AvgIpc) is 3.10. The molecule has 3 heterocycles. The molecule has 0 spiro atoms. The van der Waals surface area contributed by atoms with Crippen molar-refractivity contribution in [2.45, 2.75) is 12.5 Å². The number of amides is 3. The molecule has 4 rings (SSSR count). The van der Waals surface area contributed by atoms with Crippen LogP contribution in [-0.2, 0) is 11.3 Å². The van der Waals surface area contributed by atoms with E-state index in [9.17, 15) is 9.59 Å². The number of imide groups is 1. The number of rotatable bonds is 4. The van der Waals surface area contributed by atoms with E-state index in [0.29, 0.717) is 17.9 Å². The Morgan fingerprint density at radius 3 is 2.85 bits per heavy atom. The summed E-state index contributed by atoms with van der Waals surface area (Å²) in [6.45, 7) is 0.917. The van der Waals surface area contributed by atoms with Crippen molar-refractivity contribution in [1.82, 2.24) is 25.2 Å². The molecule has 8 heteroatoms. The normalized spacial score (nSPS) is 17.0. The Bertz CT molecular complexity index is 968. The number of fused-ring (bicyclic) bond motifs is 1. The molecule has 0 saturated carbocycles.